The van der Waals surface area contributed by atoms with Crippen LogP contribution in [0.1, 0.15) is 0 Å². The lowest BCUT2D eigenvalue weighted by Crippen LogP contribution is -1.94. The first-order valence-corrected chi connectivity index (χ1v) is 5.26. The van der Waals surface area contributed by atoms with Crippen molar-refractivity contribution in [3.8, 4) is 5.75 Å². The molecule has 2 rings (SSSR count). The Morgan fingerprint density at radius 2 is 2.06 bits per heavy atom. The van der Waals surface area contributed by atoms with Crippen LogP contribution in [0.15, 0.2) is 18.2 Å². The Morgan fingerprint density at radius 1 is 1.35 bits per heavy atom. The number of hydrogen-bond donors (Lipinski definition) is 0. The van der Waals surface area contributed by atoms with Crippen molar-refractivity contribution in [2.75, 3.05) is 7.11 Å². The van der Waals surface area contributed by atoms with Crippen LogP contribution in [0.2, 0.25) is 10.2 Å². The van der Waals surface area contributed by atoms with Crippen LogP contribution >= 0.6 is 23.2 Å². The van der Waals surface area contributed by atoms with Crippen LogP contribution in [0.4, 0.5) is 5.69 Å². The minimum atomic E-state index is -0.551. The molecule has 0 aliphatic carbocycles. The zero-order valence-electron chi connectivity index (χ0n) is 8.61. The number of fused-ring (bicyclic) bond motifs is 1. The molecule has 0 amide bonds. The first kappa shape index (κ1) is 11.9. The summed E-state index contributed by atoms with van der Waals surface area (Å²) in [6.45, 7) is 0. The molecule has 0 spiro atoms. The van der Waals surface area contributed by atoms with Crippen molar-refractivity contribution in [3.05, 3.63) is 38.5 Å². The van der Waals surface area contributed by atoms with Gasteiger partial charge < -0.3 is 4.74 Å². The summed E-state index contributed by atoms with van der Waals surface area (Å²) >= 11 is 11.7. The fourth-order valence-electron chi connectivity index (χ4n) is 1.47. The van der Waals surface area contributed by atoms with Crippen LogP contribution in [0.3, 0.4) is 0 Å². The highest BCUT2D eigenvalue weighted by Gasteiger charge is 2.18. The highest BCUT2D eigenvalue weighted by atomic mass is 35.5. The van der Waals surface area contributed by atoms with Crippen molar-refractivity contribution in [1.29, 1.82) is 0 Å². The van der Waals surface area contributed by atoms with E-state index in [9.17, 15) is 10.1 Å². The predicted octanol–water partition coefficient (Wildman–Crippen LogP) is 3.46. The molecule has 1 aromatic heterocycles. The monoisotopic (exact) mass is 272 g/mol. The van der Waals surface area contributed by atoms with E-state index in [1.807, 2.05) is 0 Å². The van der Waals surface area contributed by atoms with E-state index in [0.717, 1.165) is 0 Å². The zero-order chi connectivity index (χ0) is 12.6. The minimum absolute atomic E-state index is 0.107. The minimum Gasteiger partial charge on any atom is -0.496 e. The van der Waals surface area contributed by atoms with Crippen LogP contribution in [0.5, 0.6) is 5.75 Å². The van der Waals surface area contributed by atoms with Gasteiger partial charge in [0.15, 0.2) is 5.52 Å². The van der Waals surface area contributed by atoms with Gasteiger partial charge in [-0.3, -0.25) is 10.1 Å². The highest BCUT2D eigenvalue weighted by Crippen LogP contribution is 2.34. The van der Waals surface area contributed by atoms with E-state index >= 15 is 0 Å². The number of nitro benzene ring substituents is 1. The largest absolute Gasteiger partial charge is 0.496 e. The van der Waals surface area contributed by atoms with Gasteiger partial charge in [-0.05, 0) is 12.1 Å². The van der Waals surface area contributed by atoms with Crippen molar-refractivity contribution in [2.45, 2.75) is 0 Å². The Kier molecular flexibility index (Phi) is 3.04. The third-order valence-corrected chi connectivity index (χ3v) is 2.72. The third kappa shape index (κ3) is 2.11. The zero-order valence-corrected chi connectivity index (χ0v) is 10.1. The van der Waals surface area contributed by atoms with Gasteiger partial charge in [0.05, 0.1) is 23.1 Å². The molecule has 0 saturated carbocycles. The number of hydrogen-bond acceptors (Lipinski definition) is 4. The summed E-state index contributed by atoms with van der Waals surface area (Å²) in [5.74, 6) is 0.343. The van der Waals surface area contributed by atoms with Crippen molar-refractivity contribution < 1.29 is 9.66 Å². The quantitative estimate of drug-likeness (QED) is 0.477. The van der Waals surface area contributed by atoms with Gasteiger partial charge in [0.25, 0.3) is 5.69 Å². The first-order valence-electron chi connectivity index (χ1n) is 4.51. The SMILES string of the molecule is COc1cc([N+](=O)[O-])c2nc(Cl)cc(Cl)c2c1. The normalized spacial score (nSPS) is 10.5. The summed E-state index contributed by atoms with van der Waals surface area (Å²) in [7, 11) is 1.42. The Balaban J connectivity index is 2.90. The number of benzene rings is 1. The smallest absolute Gasteiger partial charge is 0.299 e. The van der Waals surface area contributed by atoms with Gasteiger partial charge in [0, 0.05) is 5.39 Å². The molecule has 0 bridgehead atoms. The maximum Gasteiger partial charge on any atom is 0.299 e. The van der Waals surface area contributed by atoms with Gasteiger partial charge in [-0.25, -0.2) is 4.98 Å². The van der Waals surface area contributed by atoms with E-state index in [4.69, 9.17) is 27.9 Å². The van der Waals surface area contributed by atoms with Gasteiger partial charge in [0.1, 0.15) is 10.9 Å². The number of nitrogens with zero attached hydrogens (tertiary/aromatic N) is 2. The first-order chi connectivity index (χ1) is 8.02. The molecule has 0 unspecified atom stereocenters. The fourth-order valence-corrected chi connectivity index (χ4v) is 1.97. The van der Waals surface area contributed by atoms with Crippen molar-refractivity contribution in [3.63, 3.8) is 0 Å². The van der Waals surface area contributed by atoms with Crippen LogP contribution in [0, 0.1) is 10.1 Å². The van der Waals surface area contributed by atoms with Crippen LogP contribution < -0.4 is 4.74 Å². The average Bonchev–Trinajstić information content (AvgIpc) is 2.27. The summed E-state index contributed by atoms with van der Waals surface area (Å²) in [5, 5.41) is 11.8. The molecule has 5 nitrogen and oxygen atoms in total. The Bertz CT molecular complexity index is 616. The van der Waals surface area contributed by atoms with E-state index in [1.165, 1.54) is 19.2 Å². The van der Waals surface area contributed by atoms with Crippen LogP contribution in [0.25, 0.3) is 10.9 Å². The summed E-state index contributed by atoms with van der Waals surface area (Å²) < 4.78 is 4.97. The number of rotatable bonds is 2. The molecule has 0 aliphatic heterocycles. The van der Waals surface area contributed by atoms with Gasteiger partial charge in [-0.2, -0.15) is 0 Å². The highest BCUT2D eigenvalue weighted by molar-refractivity contribution is 6.38. The molecule has 0 radical (unpaired) electrons. The molecular weight excluding hydrogens is 267 g/mol. The van der Waals surface area contributed by atoms with Crippen molar-refractivity contribution in [2.24, 2.45) is 0 Å². The molecule has 0 fully saturated rings. The van der Waals surface area contributed by atoms with Crippen LogP contribution in [-0.2, 0) is 0 Å². The van der Waals surface area contributed by atoms with Gasteiger partial charge >= 0.3 is 0 Å². The lowest BCUT2D eigenvalue weighted by molar-refractivity contribution is -0.383. The number of non-ortho nitro benzene ring substituents is 1. The lowest BCUT2D eigenvalue weighted by atomic mass is 10.2. The Hall–Kier alpha value is -1.59. The molecule has 1 aromatic carbocycles. The molecule has 17 heavy (non-hydrogen) atoms. The standard InChI is InChI=1S/C10H6Cl2N2O3/c1-17-5-2-6-7(11)4-9(12)13-10(6)8(3-5)14(15)16/h2-4H,1H3. The fraction of sp³-hybridized carbons (Fsp3) is 0.100. The number of pyridine rings is 1. The molecule has 7 heteroatoms. The number of nitro groups is 1. The second kappa shape index (κ2) is 4.35. The average molecular weight is 273 g/mol. The molecule has 88 valence electrons. The molecule has 0 N–H and O–H groups in total. The lowest BCUT2D eigenvalue weighted by Gasteiger charge is -2.05. The molecule has 1 heterocycles. The maximum absolute atomic E-state index is 10.9. The molecular formula is C10H6Cl2N2O3. The van der Waals surface area contributed by atoms with E-state index in [-0.39, 0.29) is 16.4 Å². The van der Waals surface area contributed by atoms with Crippen molar-refractivity contribution in [1.82, 2.24) is 4.98 Å². The number of aromatic nitrogens is 1. The topological polar surface area (TPSA) is 65.3 Å². The number of ether oxygens (including phenoxy) is 1. The summed E-state index contributed by atoms with van der Waals surface area (Å²) in [6.07, 6.45) is 0. The Morgan fingerprint density at radius 3 is 2.65 bits per heavy atom. The van der Waals surface area contributed by atoms with Gasteiger partial charge in [0.2, 0.25) is 0 Å². The molecule has 0 atom stereocenters. The Labute approximate surface area is 106 Å². The van der Waals surface area contributed by atoms with E-state index in [0.29, 0.717) is 16.2 Å². The second-order valence-corrected chi connectivity index (χ2v) is 4.02. The molecule has 0 saturated heterocycles. The second-order valence-electron chi connectivity index (χ2n) is 3.23. The summed E-state index contributed by atoms with van der Waals surface area (Å²) in [6, 6.07) is 4.28. The van der Waals surface area contributed by atoms with Crippen LogP contribution in [-0.4, -0.2) is 17.0 Å². The van der Waals surface area contributed by atoms with E-state index in [1.54, 1.807) is 6.07 Å². The maximum atomic E-state index is 10.9. The van der Waals surface area contributed by atoms with Gasteiger partial charge in [-0.15, -0.1) is 0 Å². The summed E-state index contributed by atoms with van der Waals surface area (Å²) in [5.41, 5.74) is -0.0444. The number of halogens is 2. The van der Waals surface area contributed by atoms with E-state index < -0.39 is 4.92 Å². The predicted molar refractivity (Wildman–Crippen MR) is 65.0 cm³/mol. The van der Waals surface area contributed by atoms with E-state index in [2.05, 4.69) is 4.98 Å². The molecule has 0 aliphatic rings. The third-order valence-electron chi connectivity index (χ3n) is 2.22. The number of methoxy groups -OCH3 is 1. The van der Waals surface area contributed by atoms with Gasteiger partial charge in [-0.1, -0.05) is 23.2 Å². The van der Waals surface area contributed by atoms with Crippen molar-refractivity contribution >= 4 is 39.8 Å². The summed E-state index contributed by atoms with van der Waals surface area (Å²) in [4.78, 5) is 14.3. The molecule has 2 aromatic rings.